The average Bonchev–Trinajstić information content (AvgIpc) is 2.14. The molecule has 0 aromatic carbocycles. The Morgan fingerprint density at radius 1 is 1.30 bits per heavy atom. The molecule has 0 bridgehead atoms. The van der Waals surface area contributed by atoms with E-state index >= 15 is 0 Å². The van der Waals surface area contributed by atoms with Crippen LogP contribution in [0.4, 0.5) is 4.39 Å². The van der Waals surface area contributed by atoms with Gasteiger partial charge in [-0.15, -0.1) is 0 Å². The standard InChI is InChI=1S/C8H16FN/c1-7-5-10(4-3-9)6-8(7)2/h7-8H,3-6H2,1-2H3. The number of rotatable bonds is 2. The Kier molecular flexibility index (Phi) is 2.66. The van der Waals surface area contributed by atoms with Crippen molar-refractivity contribution in [3.05, 3.63) is 0 Å². The van der Waals surface area contributed by atoms with Crippen molar-refractivity contribution in [1.82, 2.24) is 4.90 Å². The Hall–Kier alpha value is -0.110. The number of hydrogen-bond donors (Lipinski definition) is 0. The first kappa shape index (κ1) is 7.99. The van der Waals surface area contributed by atoms with Crippen molar-refractivity contribution in [2.75, 3.05) is 26.3 Å². The summed E-state index contributed by atoms with van der Waals surface area (Å²) in [5.74, 6) is 1.51. The van der Waals surface area contributed by atoms with Gasteiger partial charge in [0.05, 0.1) is 0 Å². The number of alkyl halides is 1. The van der Waals surface area contributed by atoms with Crippen LogP contribution in [0.3, 0.4) is 0 Å². The molecule has 1 saturated heterocycles. The van der Waals surface area contributed by atoms with Gasteiger partial charge in [0.1, 0.15) is 6.67 Å². The van der Waals surface area contributed by atoms with Crippen molar-refractivity contribution in [1.29, 1.82) is 0 Å². The summed E-state index contributed by atoms with van der Waals surface area (Å²) in [7, 11) is 0. The minimum Gasteiger partial charge on any atom is -0.300 e. The lowest BCUT2D eigenvalue weighted by Crippen LogP contribution is -2.23. The fourth-order valence-corrected chi connectivity index (χ4v) is 1.55. The second kappa shape index (κ2) is 3.33. The van der Waals surface area contributed by atoms with Gasteiger partial charge < -0.3 is 4.90 Å². The number of hydrogen-bond acceptors (Lipinski definition) is 1. The van der Waals surface area contributed by atoms with Crippen LogP contribution in [-0.2, 0) is 0 Å². The first-order valence-electron chi connectivity index (χ1n) is 4.02. The number of halogens is 1. The van der Waals surface area contributed by atoms with Crippen molar-refractivity contribution in [3.63, 3.8) is 0 Å². The average molecular weight is 145 g/mol. The molecule has 1 aliphatic heterocycles. The molecular formula is C8H16FN. The van der Waals surface area contributed by atoms with Gasteiger partial charge in [-0.2, -0.15) is 0 Å². The molecule has 1 heterocycles. The van der Waals surface area contributed by atoms with E-state index in [0.717, 1.165) is 24.9 Å². The van der Waals surface area contributed by atoms with E-state index < -0.39 is 0 Å². The smallest absolute Gasteiger partial charge is 0.102 e. The van der Waals surface area contributed by atoms with E-state index in [1.807, 2.05) is 0 Å². The highest BCUT2D eigenvalue weighted by molar-refractivity contribution is 4.77. The summed E-state index contributed by atoms with van der Waals surface area (Å²) in [6, 6.07) is 0. The minimum atomic E-state index is -0.195. The van der Waals surface area contributed by atoms with Crippen molar-refractivity contribution in [2.24, 2.45) is 11.8 Å². The van der Waals surface area contributed by atoms with Crippen LogP contribution in [0.1, 0.15) is 13.8 Å². The first-order chi connectivity index (χ1) is 4.74. The lowest BCUT2D eigenvalue weighted by atomic mass is 10.0. The van der Waals surface area contributed by atoms with Crippen LogP contribution < -0.4 is 0 Å². The summed E-state index contributed by atoms with van der Waals surface area (Å²) in [5, 5.41) is 0. The van der Waals surface area contributed by atoms with Crippen molar-refractivity contribution in [3.8, 4) is 0 Å². The zero-order valence-corrected chi connectivity index (χ0v) is 6.81. The summed E-state index contributed by atoms with van der Waals surface area (Å²) in [5.41, 5.74) is 0. The summed E-state index contributed by atoms with van der Waals surface area (Å²) < 4.78 is 11.9. The normalized spacial score (nSPS) is 35.1. The quantitative estimate of drug-likeness (QED) is 0.569. The number of nitrogens with zero attached hydrogens (tertiary/aromatic N) is 1. The summed E-state index contributed by atoms with van der Waals surface area (Å²) in [6.45, 7) is 7.09. The predicted molar refractivity (Wildman–Crippen MR) is 40.7 cm³/mol. The maximum absolute atomic E-state index is 11.9. The van der Waals surface area contributed by atoms with Crippen LogP contribution in [0.2, 0.25) is 0 Å². The Morgan fingerprint density at radius 3 is 2.20 bits per heavy atom. The Bertz CT molecular complexity index is 95.4. The van der Waals surface area contributed by atoms with E-state index in [0.29, 0.717) is 6.54 Å². The molecule has 1 aliphatic rings. The molecule has 0 aliphatic carbocycles. The zero-order valence-electron chi connectivity index (χ0n) is 6.81. The highest BCUT2D eigenvalue weighted by Crippen LogP contribution is 2.21. The maximum Gasteiger partial charge on any atom is 0.102 e. The topological polar surface area (TPSA) is 3.24 Å². The molecule has 2 unspecified atom stereocenters. The van der Waals surface area contributed by atoms with Crippen molar-refractivity contribution >= 4 is 0 Å². The molecular weight excluding hydrogens is 129 g/mol. The summed E-state index contributed by atoms with van der Waals surface area (Å²) in [6.07, 6.45) is 0. The SMILES string of the molecule is CC1CN(CCF)CC1C. The highest BCUT2D eigenvalue weighted by Gasteiger charge is 2.24. The van der Waals surface area contributed by atoms with Gasteiger partial charge >= 0.3 is 0 Å². The molecule has 1 nitrogen and oxygen atoms in total. The van der Waals surface area contributed by atoms with E-state index in [-0.39, 0.29) is 6.67 Å². The van der Waals surface area contributed by atoms with E-state index in [2.05, 4.69) is 18.7 Å². The van der Waals surface area contributed by atoms with Gasteiger partial charge in [0.25, 0.3) is 0 Å². The van der Waals surface area contributed by atoms with Crippen LogP contribution in [0, 0.1) is 11.8 Å². The van der Waals surface area contributed by atoms with Gasteiger partial charge in [0, 0.05) is 19.6 Å². The third-order valence-electron chi connectivity index (χ3n) is 2.46. The minimum absolute atomic E-state index is 0.195. The third kappa shape index (κ3) is 1.69. The lowest BCUT2D eigenvalue weighted by molar-refractivity contribution is 0.287. The van der Waals surface area contributed by atoms with Gasteiger partial charge in [0.15, 0.2) is 0 Å². The van der Waals surface area contributed by atoms with Crippen molar-refractivity contribution in [2.45, 2.75) is 13.8 Å². The zero-order chi connectivity index (χ0) is 7.56. The molecule has 0 amide bonds. The van der Waals surface area contributed by atoms with Crippen LogP contribution in [0.5, 0.6) is 0 Å². The Balaban J connectivity index is 2.27. The van der Waals surface area contributed by atoms with E-state index in [1.165, 1.54) is 0 Å². The van der Waals surface area contributed by atoms with Gasteiger partial charge in [-0.25, -0.2) is 4.39 Å². The fraction of sp³-hybridized carbons (Fsp3) is 1.00. The predicted octanol–water partition coefficient (Wildman–Crippen LogP) is 1.54. The van der Waals surface area contributed by atoms with Gasteiger partial charge in [-0.1, -0.05) is 13.8 Å². The molecule has 1 fully saturated rings. The van der Waals surface area contributed by atoms with Crippen LogP contribution in [0.25, 0.3) is 0 Å². The molecule has 1 rings (SSSR count). The monoisotopic (exact) mass is 145 g/mol. The molecule has 0 spiro atoms. The van der Waals surface area contributed by atoms with Crippen LogP contribution >= 0.6 is 0 Å². The summed E-state index contributed by atoms with van der Waals surface area (Å²) in [4.78, 5) is 2.20. The third-order valence-corrected chi connectivity index (χ3v) is 2.46. The van der Waals surface area contributed by atoms with E-state index in [4.69, 9.17) is 0 Å². The highest BCUT2D eigenvalue weighted by atomic mass is 19.1. The van der Waals surface area contributed by atoms with Gasteiger partial charge in [-0.05, 0) is 11.8 Å². The second-order valence-corrected chi connectivity index (χ2v) is 3.40. The number of likely N-dealkylation sites (tertiary alicyclic amines) is 1. The lowest BCUT2D eigenvalue weighted by Gasteiger charge is -2.11. The molecule has 2 atom stereocenters. The Labute approximate surface area is 62.2 Å². The molecule has 10 heavy (non-hydrogen) atoms. The molecule has 0 aromatic heterocycles. The molecule has 2 heteroatoms. The van der Waals surface area contributed by atoms with Crippen molar-refractivity contribution < 1.29 is 4.39 Å². The molecule has 60 valence electrons. The summed E-state index contributed by atoms with van der Waals surface area (Å²) >= 11 is 0. The van der Waals surface area contributed by atoms with E-state index in [1.54, 1.807) is 0 Å². The molecule has 0 radical (unpaired) electrons. The largest absolute Gasteiger partial charge is 0.300 e. The fourth-order valence-electron chi connectivity index (χ4n) is 1.55. The molecule has 0 aromatic rings. The first-order valence-corrected chi connectivity index (χ1v) is 4.02. The van der Waals surface area contributed by atoms with Gasteiger partial charge in [0.2, 0.25) is 0 Å². The Morgan fingerprint density at radius 2 is 1.80 bits per heavy atom. The van der Waals surface area contributed by atoms with Crippen LogP contribution in [0.15, 0.2) is 0 Å². The molecule has 0 saturated carbocycles. The maximum atomic E-state index is 11.9. The van der Waals surface area contributed by atoms with E-state index in [9.17, 15) is 4.39 Å². The molecule has 0 N–H and O–H groups in total. The van der Waals surface area contributed by atoms with Crippen LogP contribution in [-0.4, -0.2) is 31.2 Å². The van der Waals surface area contributed by atoms with Gasteiger partial charge in [-0.3, -0.25) is 0 Å². The second-order valence-electron chi connectivity index (χ2n) is 3.40.